The summed E-state index contributed by atoms with van der Waals surface area (Å²) in [6, 6.07) is 6.72. The van der Waals surface area contributed by atoms with Crippen LogP contribution in [0.25, 0.3) is 0 Å². The summed E-state index contributed by atoms with van der Waals surface area (Å²) in [5.41, 5.74) is 0.000882. The molecule has 1 aromatic carbocycles. The van der Waals surface area contributed by atoms with Gasteiger partial charge in [-0.05, 0) is 50.2 Å². The number of carbonyl (C=O) groups is 3. The van der Waals surface area contributed by atoms with Crippen molar-refractivity contribution in [3.63, 3.8) is 0 Å². The van der Waals surface area contributed by atoms with Crippen LogP contribution in [0.2, 0.25) is 0 Å². The number of benzene rings is 1. The Morgan fingerprint density at radius 1 is 1.27 bits per heavy atom. The maximum absolute atomic E-state index is 13.9. The van der Waals surface area contributed by atoms with Crippen LogP contribution in [0.1, 0.15) is 50.5 Å². The predicted molar refractivity (Wildman–Crippen MR) is 119 cm³/mol. The van der Waals surface area contributed by atoms with Gasteiger partial charge in [0, 0.05) is 12.6 Å². The van der Waals surface area contributed by atoms with E-state index in [9.17, 15) is 18.8 Å². The van der Waals surface area contributed by atoms with Crippen molar-refractivity contribution in [2.24, 2.45) is 0 Å². The van der Waals surface area contributed by atoms with Crippen LogP contribution in [0.3, 0.4) is 0 Å². The van der Waals surface area contributed by atoms with Crippen LogP contribution in [0.4, 0.5) is 10.1 Å². The Labute approximate surface area is 192 Å². The van der Waals surface area contributed by atoms with E-state index in [-0.39, 0.29) is 29.9 Å². The highest BCUT2D eigenvalue weighted by atomic mass is 19.1. The topological polar surface area (TPSA) is 99.8 Å². The molecule has 3 amide bonds. The summed E-state index contributed by atoms with van der Waals surface area (Å²) in [5.74, 6) is -0.454. The summed E-state index contributed by atoms with van der Waals surface area (Å²) in [4.78, 5) is 39.6. The number of rotatable bonds is 5. The van der Waals surface area contributed by atoms with E-state index in [1.807, 2.05) is 18.2 Å². The molecule has 1 saturated carbocycles. The average Bonchev–Trinajstić information content (AvgIpc) is 3.30. The van der Waals surface area contributed by atoms with E-state index in [0.717, 1.165) is 31.2 Å². The van der Waals surface area contributed by atoms with Crippen LogP contribution in [0.5, 0.6) is 0 Å². The molecule has 3 fully saturated rings. The second kappa shape index (κ2) is 8.36. The van der Waals surface area contributed by atoms with Crippen molar-refractivity contribution in [2.45, 2.75) is 74.1 Å². The van der Waals surface area contributed by atoms with Gasteiger partial charge < -0.3 is 15.4 Å². The smallest absolute Gasteiger partial charge is 0.241 e. The third-order valence-corrected chi connectivity index (χ3v) is 8.09. The molecule has 0 aromatic heterocycles. The molecule has 4 aliphatic rings. The lowest BCUT2D eigenvalue weighted by molar-refractivity contribution is -0.128. The maximum Gasteiger partial charge on any atom is 0.241 e. The summed E-state index contributed by atoms with van der Waals surface area (Å²) in [5, 5.41) is 9.19. The summed E-state index contributed by atoms with van der Waals surface area (Å²) in [6.07, 6.45) is 4.46. The molecule has 1 aromatic rings. The van der Waals surface area contributed by atoms with Crippen LogP contribution < -0.4 is 20.9 Å². The number of carbonyl (C=O) groups excluding carboxylic acids is 3. The van der Waals surface area contributed by atoms with Gasteiger partial charge in [-0.2, -0.15) is 0 Å². The van der Waals surface area contributed by atoms with Crippen molar-refractivity contribution >= 4 is 23.4 Å². The normalized spacial score (nSPS) is 32.0. The number of nitrogens with one attached hydrogen (secondary N) is 3. The first-order valence-electron chi connectivity index (χ1n) is 11.8. The minimum atomic E-state index is -0.919. The van der Waals surface area contributed by atoms with Crippen molar-refractivity contribution in [3.8, 4) is 0 Å². The van der Waals surface area contributed by atoms with E-state index in [2.05, 4.69) is 16.0 Å². The highest BCUT2D eigenvalue weighted by Gasteiger charge is 2.70. The molecule has 33 heavy (non-hydrogen) atoms. The molecule has 2 unspecified atom stereocenters. The third-order valence-electron chi connectivity index (χ3n) is 8.09. The first kappa shape index (κ1) is 22.3. The molecule has 1 aliphatic carbocycles. The first-order chi connectivity index (χ1) is 15.9. The van der Waals surface area contributed by atoms with Gasteiger partial charge in [0.25, 0.3) is 0 Å². The van der Waals surface area contributed by atoms with E-state index in [1.165, 1.54) is 4.90 Å². The minimum Gasteiger partial charge on any atom is -0.376 e. The average molecular weight is 459 g/mol. The van der Waals surface area contributed by atoms with Crippen LogP contribution in [0, 0.1) is 0 Å². The summed E-state index contributed by atoms with van der Waals surface area (Å²) in [7, 11) is 1.60. The SMILES string of the molecule is CNC(=O)C[C@@H]1CC[C@@H](NC(=O)C2CC3(C(=O)N(CF)c4ccccc43)C3(CCC3)N2)CO1. The lowest BCUT2D eigenvalue weighted by Gasteiger charge is -2.49. The maximum atomic E-state index is 13.9. The molecule has 8 nitrogen and oxygen atoms in total. The Bertz CT molecular complexity index is 960. The lowest BCUT2D eigenvalue weighted by Crippen LogP contribution is -2.63. The van der Waals surface area contributed by atoms with E-state index in [1.54, 1.807) is 13.1 Å². The van der Waals surface area contributed by atoms with Gasteiger partial charge in [-0.15, -0.1) is 0 Å². The minimum absolute atomic E-state index is 0.0578. The fourth-order valence-corrected chi connectivity index (χ4v) is 6.26. The molecule has 2 spiro atoms. The van der Waals surface area contributed by atoms with Crippen LogP contribution in [-0.2, 0) is 24.5 Å². The molecule has 3 heterocycles. The number of halogens is 1. The molecule has 2 saturated heterocycles. The van der Waals surface area contributed by atoms with Crippen molar-refractivity contribution in [3.05, 3.63) is 29.8 Å². The van der Waals surface area contributed by atoms with Crippen LogP contribution >= 0.6 is 0 Å². The Morgan fingerprint density at radius 3 is 2.70 bits per heavy atom. The number of nitrogens with zero attached hydrogens (tertiary/aromatic N) is 1. The number of anilines is 1. The van der Waals surface area contributed by atoms with Crippen LogP contribution in [0.15, 0.2) is 24.3 Å². The van der Waals surface area contributed by atoms with E-state index < -0.39 is 23.8 Å². The zero-order valence-electron chi connectivity index (χ0n) is 18.9. The summed E-state index contributed by atoms with van der Waals surface area (Å²) >= 11 is 0. The number of fused-ring (bicyclic) bond motifs is 3. The van der Waals surface area contributed by atoms with Gasteiger partial charge >= 0.3 is 0 Å². The van der Waals surface area contributed by atoms with Gasteiger partial charge in [-0.1, -0.05) is 18.2 Å². The Hall–Kier alpha value is -2.52. The standard InChI is InChI=1S/C24H31FN4O4/c1-26-20(30)11-16-8-7-15(13-33-16)27-21(31)18-12-24(23(28-18)9-4-10-23)17-5-2-3-6-19(17)29(14-25)22(24)32/h2-3,5-6,15-16,18,28H,4,7-14H2,1H3,(H,26,30)(H,27,31)/t15-,16+,18?,24?/m1/s1. The molecule has 9 heteroatoms. The van der Waals surface area contributed by atoms with Gasteiger partial charge in [0.15, 0.2) is 6.80 Å². The molecule has 0 bridgehead atoms. The quantitative estimate of drug-likeness (QED) is 0.578. The highest BCUT2D eigenvalue weighted by molar-refractivity contribution is 6.10. The number of ether oxygens (including phenoxy) is 1. The van der Waals surface area contributed by atoms with Gasteiger partial charge in [-0.3, -0.25) is 24.6 Å². The zero-order valence-corrected chi connectivity index (χ0v) is 18.9. The monoisotopic (exact) mass is 458 g/mol. The second-order valence-electron chi connectivity index (χ2n) is 9.73. The van der Waals surface area contributed by atoms with Crippen LogP contribution in [-0.4, -0.2) is 61.9 Å². The fraction of sp³-hybridized carbons (Fsp3) is 0.625. The fourth-order valence-electron chi connectivity index (χ4n) is 6.26. The number of hydrogen-bond acceptors (Lipinski definition) is 5. The molecule has 0 radical (unpaired) electrons. The molecule has 3 N–H and O–H groups in total. The molecule has 3 aliphatic heterocycles. The lowest BCUT2D eigenvalue weighted by atomic mass is 9.57. The Morgan fingerprint density at radius 2 is 2.06 bits per heavy atom. The van der Waals surface area contributed by atoms with E-state index >= 15 is 0 Å². The largest absolute Gasteiger partial charge is 0.376 e. The number of amides is 3. The van der Waals surface area contributed by atoms with Gasteiger partial charge in [0.05, 0.1) is 42.3 Å². The van der Waals surface area contributed by atoms with Crippen molar-refractivity contribution in [2.75, 3.05) is 25.4 Å². The predicted octanol–water partition coefficient (Wildman–Crippen LogP) is 1.28. The Balaban J connectivity index is 1.31. The molecule has 5 rings (SSSR count). The van der Waals surface area contributed by atoms with Gasteiger partial charge in [0.1, 0.15) is 0 Å². The van der Waals surface area contributed by atoms with E-state index in [0.29, 0.717) is 31.6 Å². The number of alkyl halides is 1. The third kappa shape index (κ3) is 3.35. The van der Waals surface area contributed by atoms with Gasteiger partial charge in [0.2, 0.25) is 17.7 Å². The summed E-state index contributed by atoms with van der Waals surface area (Å²) in [6.45, 7) is -0.519. The molecular formula is C24H31FN4O4. The first-order valence-corrected chi connectivity index (χ1v) is 11.8. The highest BCUT2D eigenvalue weighted by Crippen LogP contribution is 2.60. The number of para-hydroxylation sites is 1. The Kier molecular flexibility index (Phi) is 5.64. The zero-order chi connectivity index (χ0) is 23.2. The van der Waals surface area contributed by atoms with Crippen molar-refractivity contribution < 1.29 is 23.5 Å². The van der Waals surface area contributed by atoms with Crippen molar-refractivity contribution in [1.82, 2.24) is 16.0 Å². The number of hydrogen-bond donors (Lipinski definition) is 3. The van der Waals surface area contributed by atoms with Gasteiger partial charge in [-0.25, -0.2) is 4.39 Å². The molecule has 178 valence electrons. The summed E-state index contributed by atoms with van der Waals surface area (Å²) < 4.78 is 19.7. The second-order valence-corrected chi connectivity index (χ2v) is 9.73. The van der Waals surface area contributed by atoms with Crippen molar-refractivity contribution in [1.29, 1.82) is 0 Å². The molecule has 4 atom stereocenters. The molecular weight excluding hydrogens is 427 g/mol. The van der Waals surface area contributed by atoms with E-state index in [4.69, 9.17) is 4.74 Å².